The molecule has 4 aliphatic rings. The summed E-state index contributed by atoms with van der Waals surface area (Å²) in [5.41, 5.74) is 9.29. The van der Waals surface area contributed by atoms with Crippen molar-refractivity contribution in [3.05, 3.63) is 34.9 Å². The molecule has 4 aliphatic heterocycles. The Hall–Kier alpha value is -2.29. The van der Waals surface area contributed by atoms with Gasteiger partial charge in [-0.15, -0.1) is 0 Å². The Morgan fingerprint density at radius 1 is 1.20 bits per heavy atom. The van der Waals surface area contributed by atoms with Crippen molar-refractivity contribution in [2.45, 2.75) is 50.9 Å². The molecule has 8 nitrogen and oxygen atoms in total. The molecule has 2 unspecified atom stereocenters. The van der Waals surface area contributed by atoms with Crippen LogP contribution in [0.15, 0.2) is 18.2 Å². The molecule has 1 aromatic rings. The van der Waals surface area contributed by atoms with Gasteiger partial charge < -0.3 is 15.4 Å². The molecule has 8 heteroatoms. The van der Waals surface area contributed by atoms with Crippen LogP contribution < -0.4 is 11.1 Å². The van der Waals surface area contributed by atoms with Crippen LogP contribution in [0.3, 0.4) is 0 Å². The second kappa shape index (κ2) is 7.44. The Balaban J connectivity index is 1.34. The zero-order valence-electron chi connectivity index (χ0n) is 17.1. The Morgan fingerprint density at radius 2 is 2.00 bits per heavy atom. The highest BCUT2D eigenvalue weighted by Gasteiger charge is 2.46. The summed E-state index contributed by atoms with van der Waals surface area (Å²) in [6.45, 7) is 4.35. The second-order valence-corrected chi connectivity index (χ2v) is 9.10. The number of carbonyl (C=O) groups is 3. The van der Waals surface area contributed by atoms with E-state index in [4.69, 9.17) is 10.5 Å². The molecular weight excluding hydrogens is 384 g/mol. The van der Waals surface area contributed by atoms with Gasteiger partial charge in [-0.2, -0.15) is 0 Å². The first kappa shape index (κ1) is 19.7. The lowest BCUT2D eigenvalue weighted by Crippen LogP contribution is -2.52. The summed E-state index contributed by atoms with van der Waals surface area (Å²) >= 11 is 0. The molecule has 0 bridgehead atoms. The minimum Gasteiger partial charge on any atom is -0.381 e. The van der Waals surface area contributed by atoms with E-state index in [1.54, 1.807) is 4.90 Å². The lowest BCUT2D eigenvalue weighted by molar-refractivity contribution is -0.136. The molecule has 1 spiro atoms. The van der Waals surface area contributed by atoms with Gasteiger partial charge in [0.1, 0.15) is 6.04 Å². The topological polar surface area (TPSA) is 105 Å². The largest absolute Gasteiger partial charge is 0.381 e. The molecule has 0 aliphatic carbocycles. The van der Waals surface area contributed by atoms with Crippen molar-refractivity contribution in [2.75, 3.05) is 26.3 Å². The van der Waals surface area contributed by atoms with Gasteiger partial charge in [0.15, 0.2) is 0 Å². The van der Waals surface area contributed by atoms with Crippen molar-refractivity contribution in [1.29, 1.82) is 0 Å². The highest BCUT2D eigenvalue weighted by atomic mass is 16.5. The Labute approximate surface area is 175 Å². The summed E-state index contributed by atoms with van der Waals surface area (Å²) in [4.78, 5) is 41.0. The third-order valence-corrected chi connectivity index (χ3v) is 7.30. The second-order valence-electron chi connectivity index (χ2n) is 9.10. The average molecular weight is 412 g/mol. The number of fused-ring (bicyclic) bond motifs is 1. The number of hydrogen-bond donors (Lipinski definition) is 2. The van der Waals surface area contributed by atoms with Gasteiger partial charge in [-0.05, 0) is 30.4 Å². The van der Waals surface area contributed by atoms with Crippen LogP contribution in [0.25, 0.3) is 0 Å². The molecule has 1 aromatic carbocycles. The number of rotatable bonds is 3. The quantitative estimate of drug-likeness (QED) is 0.696. The van der Waals surface area contributed by atoms with Crippen LogP contribution in [0.4, 0.5) is 0 Å². The van der Waals surface area contributed by atoms with E-state index in [-0.39, 0.29) is 35.6 Å². The standard InChI is InChI=1S/C22H28N4O4/c23-17-12-25(13-22(17)6-8-30-9-7-22)10-14-2-1-3-15-11-26(21(29)19(14)15)16-4-5-18(27)24-20(16)28/h1-3,16-17H,4-13,23H2,(H,24,27,28). The third-order valence-electron chi connectivity index (χ3n) is 7.30. The average Bonchev–Trinajstić information content (AvgIpc) is 3.20. The SMILES string of the molecule is NC1CN(Cc2cccc3c2C(=O)N(C2CCC(=O)NC2=O)C3)CC12CCOCC2. The summed E-state index contributed by atoms with van der Waals surface area (Å²) in [6, 6.07) is 5.48. The van der Waals surface area contributed by atoms with Crippen molar-refractivity contribution in [3.63, 3.8) is 0 Å². The number of carbonyl (C=O) groups excluding carboxylic acids is 3. The van der Waals surface area contributed by atoms with Crippen LogP contribution in [-0.2, 0) is 27.4 Å². The van der Waals surface area contributed by atoms with Gasteiger partial charge in [0.25, 0.3) is 5.91 Å². The lowest BCUT2D eigenvalue weighted by atomic mass is 9.76. The molecule has 3 saturated heterocycles. The van der Waals surface area contributed by atoms with E-state index < -0.39 is 6.04 Å². The Bertz CT molecular complexity index is 895. The summed E-state index contributed by atoms with van der Waals surface area (Å²) in [5.74, 6) is -0.756. The molecule has 160 valence electrons. The molecular formula is C22H28N4O4. The lowest BCUT2D eigenvalue weighted by Gasteiger charge is -2.36. The number of ether oxygens (including phenoxy) is 1. The fraction of sp³-hybridized carbons (Fsp3) is 0.591. The molecule has 3 N–H and O–H groups in total. The maximum atomic E-state index is 13.3. The molecule has 0 radical (unpaired) electrons. The number of hydrogen-bond acceptors (Lipinski definition) is 6. The summed E-state index contributed by atoms with van der Waals surface area (Å²) < 4.78 is 5.54. The van der Waals surface area contributed by atoms with Crippen molar-refractivity contribution in [3.8, 4) is 0 Å². The predicted octanol–water partition coefficient (Wildman–Crippen LogP) is 0.387. The number of nitrogens with one attached hydrogen (secondary N) is 1. The first-order valence-corrected chi connectivity index (χ1v) is 10.8. The molecule has 0 saturated carbocycles. The molecule has 3 amide bonds. The minimum atomic E-state index is -0.582. The minimum absolute atomic E-state index is 0.110. The van der Waals surface area contributed by atoms with Gasteiger partial charge >= 0.3 is 0 Å². The van der Waals surface area contributed by atoms with E-state index in [2.05, 4.69) is 10.2 Å². The van der Waals surface area contributed by atoms with E-state index >= 15 is 0 Å². The van der Waals surface area contributed by atoms with E-state index in [1.165, 1.54) is 0 Å². The van der Waals surface area contributed by atoms with Gasteiger partial charge in [0.2, 0.25) is 11.8 Å². The summed E-state index contributed by atoms with van der Waals surface area (Å²) in [5, 5.41) is 2.36. The third kappa shape index (κ3) is 3.23. The first-order chi connectivity index (χ1) is 14.5. The van der Waals surface area contributed by atoms with Crippen molar-refractivity contribution >= 4 is 17.7 Å². The van der Waals surface area contributed by atoms with Crippen LogP contribution in [0.2, 0.25) is 0 Å². The van der Waals surface area contributed by atoms with Crippen molar-refractivity contribution < 1.29 is 19.1 Å². The zero-order chi connectivity index (χ0) is 20.9. The van der Waals surface area contributed by atoms with Gasteiger partial charge in [-0.3, -0.25) is 24.6 Å². The fourth-order valence-corrected chi connectivity index (χ4v) is 5.59. The van der Waals surface area contributed by atoms with Crippen LogP contribution in [0, 0.1) is 5.41 Å². The predicted molar refractivity (Wildman–Crippen MR) is 108 cm³/mol. The van der Waals surface area contributed by atoms with Crippen molar-refractivity contribution in [2.24, 2.45) is 11.1 Å². The number of nitrogens with zero attached hydrogens (tertiary/aromatic N) is 2. The number of likely N-dealkylation sites (tertiary alicyclic amines) is 1. The van der Waals surface area contributed by atoms with Crippen LogP contribution >= 0.6 is 0 Å². The molecule has 5 rings (SSSR count). The van der Waals surface area contributed by atoms with Crippen molar-refractivity contribution in [1.82, 2.24) is 15.1 Å². The highest BCUT2D eigenvalue weighted by molar-refractivity contribution is 6.05. The van der Waals surface area contributed by atoms with Crippen LogP contribution in [-0.4, -0.2) is 65.9 Å². The first-order valence-electron chi connectivity index (χ1n) is 10.8. The number of nitrogens with two attached hydrogens (primary N) is 1. The Kier molecular flexibility index (Phi) is 4.88. The van der Waals surface area contributed by atoms with Crippen LogP contribution in [0.5, 0.6) is 0 Å². The molecule has 30 heavy (non-hydrogen) atoms. The number of imide groups is 1. The molecule has 4 heterocycles. The van der Waals surface area contributed by atoms with Crippen LogP contribution in [0.1, 0.15) is 47.2 Å². The van der Waals surface area contributed by atoms with Gasteiger partial charge in [-0.25, -0.2) is 0 Å². The fourth-order valence-electron chi connectivity index (χ4n) is 5.59. The van der Waals surface area contributed by atoms with Gasteiger partial charge in [0.05, 0.1) is 0 Å². The van der Waals surface area contributed by atoms with Gasteiger partial charge in [-0.1, -0.05) is 18.2 Å². The van der Waals surface area contributed by atoms with Gasteiger partial charge in [0, 0.05) is 62.8 Å². The smallest absolute Gasteiger partial charge is 0.255 e. The monoisotopic (exact) mass is 412 g/mol. The highest BCUT2D eigenvalue weighted by Crippen LogP contribution is 2.40. The number of benzene rings is 1. The van der Waals surface area contributed by atoms with E-state index in [9.17, 15) is 14.4 Å². The maximum absolute atomic E-state index is 13.3. The molecule has 2 atom stereocenters. The number of piperidine rings is 1. The Morgan fingerprint density at radius 3 is 2.77 bits per heavy atom. The summed E-state index contributed by atoms with van der Waals surface area (Å²) in [7, 11) is 0. The molecule has 0 aromatic heterocycles. The normalized spacial score (nSPS) is 28.8. The number of amides is 3. The van der Waals surface area contributed by atoms with E-state index in [0.717, 1.165) is 50.3 Å². The molecule has 3 fully saturated rings. The summed E-state index contributed by atoms with van der Waals surface area (Å²) in [6.07, 6.45) is 2.62. The van der Waals surface area contributed by atoms with E-state index in [1.807, 2.05) is 18.2 Å². The van der Waals surface area contributed by atoms with E-state index in [0.29, 0.717) is 25.1 Å². The maximum Gasteiger partial charge on any atom is 0.255 e. The zero-order valence-corrected chi connectivity index (χ0v) is 17.1.